The molecule has 1 aromatic heterocycles. The Balaban J connectivity index is 1.54. The van der Waals surface area contributed by atoms with Gasteiger partial charge in [-0.25, -0.2) is 21.9 Å². The highest BCUT2D eigenvalue weighted by atomic mass is 32.2. The number of aliphatic hydroxyl groups excluding tert-OH is 1. The van der Waals surface area contributed by atoms with Gasteiger partial charge in [0.1, 0.15) is 11.6 Å². The molecule has 3 atom stereocenters. The lowest BCUT2D eigenvalue weighted by molar-refractivity contribution is 0.0547. The van der Waals surface area contributed by atoms with Gasteiger partial charge in [0, 0.05) is 21.8 Å². The number of rotatable bonds is 4. The molecule has 172 valence electrons. The van der Waals surface area contributed by atoms with Crippen molar-refractivity contribution in [3.05, 3.63) is 77.9 Å². The lowest BCUT2D eigenvalue weighted by Gasteiger charge is -2.36. The summed E-state index contributed by atoms with van der Waals surface area (Å²) in [5, 5.41) is 12.4. The molecule has 0 radical (unpaired) electrons. The maximum absolute atomic E-state index is 14.0. The SMILES string of the molecule is Cc1ccc(S(=O)(=O)N[C@H]2CCC[C@@H](n3c4ccc(F)cc4c4cc(F)ccc43)[C@@H]2O)cc1. The predicted octanol–water partition coefficient (Wildman–Crippen LogP) is 4.81. The predicted molar refractivity (Wildman–Crippen MR) is 124 cm³/mol. The van der Waals surface area contributed by atoms with Gasteiger partial charge in [-0.05, 0) is 74.7 Å². The summed E-state index contributed by atoms with van der Waals surface area (Å²) in [6, 6.07) is 14.0. The van der Waals surface area contributed by atoms with Crippen LogP contribution in [-0.4, -0.2) is 30.2 Å². The van der Waals surface area contributed by atoms with E-state index in [1.165, 1.54) is 24.3 Å². The van der Waals surface area contributed by atoms with Gasteiger partial charge in [0.15, 0.2) is 0 Å². The van der Waals surface area contributed by atoms with Gasteiger partial charge in [-0.15, -0.1) is 0 Å². The Labute approximate surface area is 190 Å². The summed E-state index contributed by atoms with van der Waals surface area (Å²) in [6.45, 7) is 1.88. The first-order chi connectivity index (χ1) is 15.7. The highest BCUT2D eigenvalue weighted by Crippen LogP contribution is 2.38. The first-order valence-corrected chi connectivity index (χ1v) is 12.4. The maximum Gasteiger partial charge on any atom is 0.240 e. The van der Waals surface area contributed by atoms with Crippen molar-refractivity contribution in [1.82, 2.24) is 9.29 Å². The Morgan fingerprint density at radius 1 is 0.909 bits per heavy atom. The maximum atomic E-state index is 14.0. The van der Waals surface area contributed by atoms with Crippen molar-refractivity contribution in [3.8, 4) is 0 Å². The van der Waals surface area contributed by atoms with Crippen LogP contribution in [0.5, 0.6) is 0 Å². The van der Waals surface area contributed by atoms with Crippen molar-refractivity contribution < 1.29 is 22.3 Å². The zero-order valence-electron chi connectivity index (χ0n) is 18.0. The second-order valence-corrected chi connectivity index (χ2v) is 10.4. The van der Waals surface area contributed by atoms with Crippen LogP contribution in [-0.2, 0) is 10.0 Å². The van der Waals surface area contributed by atoms with Crippen LogP contribution in [0.3, 0.4) is 0 Å². The van der Waals surface area contributed by atoms with Crippen LogP contribution in [0.4, 0.5) is 8.78 Å². The standard InChI is InChI=1S/C25H24F2N2O3S/c1-15-5-9-18(10-6-15)33(31,32)28-21-3-2-4-24(25(21)30)29-22-11-7-16(26)13-19(22)20-14-17(27)8-12-23(20)29/h5-14,21,24-25,28,30H,2-4H2,1H3/t21-,24+,25+/m0/s1. The van der Waals surface area contributed by atoms with Gasteiger partial charge < -0.3 is 9.67 Å². The largest absolute Gasteiger partial charge is 0.389 e. The van der Waals surface area contributed by atoms with Gasteiger partial charge in [0.2, 0.25) is 10.0 Å². The molecular weight excluding hydrogens is 446 g/mol. The number of hydrogen-bond donors (Lipinski definition) is 2. The molecule has 5 rings (SSSR count). The van der Waals surface area contributed by atoms with Crippen molar-refractivity contribution in [2.24, 2.45) is 0 Å². The molecule has 0 saturated heterocycles. The fourth-order valence-corrected chi connectivity index (χ4v) is 6.19. The molecule has 0 spiro atoms. The van der Waals surface area contributed by atoms with E-state index in [1.807, 2.05) is 11.5 Å². The molecule has 2 N–H and O–H groups in total. The smallest absolute Gasteiger partial charge is 0.240 e. The molecular formula is C25H24F2N2O3S. The fraction of sp³-hybridized carbons (Fsp3) is 0.280. The Bertz CT molecular complexity index is 1390. The quantitative estimate of drug-likeness (QED) is 0.450. The van der Waals surface area contributed by atoms with Gasteiger partial charge in [0.05, 0.1) is 23.1 Å². The summed E-state index contributed by atoms with van der Waals surface area (Å²) in [5.74, 6) is -0.863. The Kier molecular flexibility index (Phi) is 5.47. The number of sulfonamides is 1. The van der Waals surface area contributed by atoms with E-state index in [-0.39, 0.29) is 4.90 Å². The summed E-state index contributed by atoms with van der Waals surface area (Å²) in [6.07, 6.45) is 0.764. The number of nitrogens with one attached hydrogen (secondary N) is 1. The summed E-state index contributed by atoms with van der Waals surface area (Å²) < 4.78 is 58.4. The van der Waals surface area contributed by atoms with Crippen LogP contribution >= 0.6 is 0 Å². The molecule has 0 bridgehead atoms. The zero-order chi connectivity index (χ0) is 23.3. The monoisotopic (exact) mass is 470 g/mol. The second-order valence-electron chi connectivity index (χ2n) is 8.72. The first-order valence-electron chi connectivity index (χ1n) is 10.9. The molecule has 1 aliphatic rings. The Hall–Kier alpha value is -2.81. The number of fused-ring (bicyclic) bond motifs is 3. The van der Waals surface area contributed by atoms with Crippen LogP contribution < -0.4 is 4.72 Å². The van der Waals surface area contributed by atoms with E-state index in [0.717, 1.165) is 5.56 Å². The van der Waals surface area contributed by atoms with Crippen LogP contribution in [0.2, 0.25) is 0 Å². The molecule has 5 nitrogen and oxygen atoms in total. The number of aromatic nitrogens is 1. The molecule has 0 unspecified atom stereocenters. The Morgan fingerprint density at radius 3 is 2.06 bits per heavy atom. The van der Waals surface area contributed by atoms with Crippen molar-refractivity contribution in [2.45, 2.75) is 49.3 Å². The third-order valence-electron chi connectivity index (χ3n) is 6.52. The van der Waals surface area contributed by atoms with E-state index < -0.39 is 39.8 Å². The molecule has 3 aromatic carbocycles. The topological polar surface area (TPSA) is 71.3 Å². The Morgan fingerprint density at radius 2 is 1.48 bits per heavy atom. The minimum absolute atomic E-state index is 0.144. The van der Waals surface area contributed by atoms with E-state index in [0.29, 0.717) is 41.1 Å². The van der Waals surface area contributed by atoms with E-state index in [4.69, 9.17) is 0 Å². The number of aliphatic hydroxyl groups is 1. The number of aryl methyl sites for hydroxylation is 1. The summed E-state index contributed by atoms with van der Waals surface area (Å²) in [4.78, 5) is 0.144. The molecule has 1 fully saturated rings. The van der Waals surface area contributed by atoms with Crippen LogP contribution in [0, 0.1) is 18.6 Å². The molecule has 1 aliphatic carbocycles. The average Bonchev–Trinajstić information content (AvgIpc) is 3.08. The van der Waals surface area contributed by atoms with E-state index >= 15 is 0 Å². The van der Waals surface area contributed by atoms with Crippen LogP contribution in [0.15, 0.2) is 65.6 Å². The van der Waals surface area contributed by atoms with Crippen molar-refractivity contribution >= 4 is 31.8 Å². The highest BCUT2D eigenvalue weighted by molar-refractivity contribution is 7.89. The normalized spacial score (nSPS) is 21.6. The molecule has 0 amide bonds. The summed E-state index contributed by atoms with van der Waals surface area (Å²) >= 11 is 0. The minimum atomic E-state index is -3.82. The van der Waals surface area contributed by atoms with Gasteiger partial charge in [0.25, 0.3) is 0 Å². The van der Waals surface area contributed by atoms with Gasteiger partial charge in [-0.3, -0.25) is 0 Å². The van der Waals surface area contributed by atoms with Crippen LogP contribution in [0.25, 0.3) is 21.8 Å². The van der Waals surface area contributed by atoms with Gasteiger partial charge in [-0.2, -0.15) is 0 Å². The minimum Gasteiger partial charge on any atom is -0.389 e. The van der Waals surface area contributed by atoms with Gasteiger partial charge >= 0.3 is 0 Å². The first kappa shape index (κ1) is 22.0. The second kappa shape index (κ2) is 8.20. The number of halogens is 2. The van der Waals surface area contributed by atoms with E-state index in [1.54, 1.807) is 36.4 Å². The number of hydrogen-bond acceptors (Lipinski definition) is 3. The van der Waals surface area contributed by atoms with E-state index in [9.17, 15) is 22.3 Å². The fourth-order valence-electron chi connectivity index (χ4n) is 4.91. The molecule has 1 heterocycles. The van der Waals surface area contributed by atoms with Crippen LogP contribution in [0.1, 0.15) is 30.9 Å². The highest BCUT2D eigenvalue weighted by Gasteiger charge is 2.37. The van der Waals surface area contributed by atoms with E-state index in [2.05, 4.69) is 4.72 Å². The number of nitrogens with zero attached hydrogens (tertiary/aromatic N) is 1. The number of benzene rings is 3. The third-order valence-corrected chi connectivity index (χ3v) is 8.02. The molecule has 4 aromatic rings. The zero-order valence-corrected chi connectivity index (χ0v) is 18.8. The van der Waals surface area contributed by atoms with Crippen molar-refractivity contribution in [1.29, 1.82) is 0 Å². The lowest BCUT2D eigenvalue weighted by atomic mass is 9.88. The average molecular weight is 471 g/mol. The molecule has 1 saturated carbocycles. The molecule has 0 aliphatic heterocycles. The lowest BCUT2D eigenvalue weighted by Crippen LogP contribution is -2.49. The molecule has 8 heteroatoms. The van der Waals surface area contributed by atoms with Crippen molar-refractivity contribution in [2.75, 3.05) is 0 Å². The van der Waals surface area contributed by atoms with Crippen molar-refractivity contribution in [3.63, 3.8) is 0 Å². The summed E-state index contributed by atoms with van der Waals surface area (Å²) in [7, 11) is -3.82. The third kappa shape index (κ3) is 3.92. The summed E-state index contributed by atoms with van der Waals surface area (Å²) in [5.41, 5.74) is 2.29. The molecule has 33 heavy (non-hydrogen) atoms. The van der Waals surface area contributed by atoms with Gasteiger partial charge in [-0.1, -0.05) is 17.7 Å².